The van der Waals surface area contributed by atoms with Gasteiger partial charge < -0.3 is 9.64 Å². The van der Waals surface area contributed by atoms with E-state index in [0.29, 0.717) is 31.9 Å². The van der Waals surface area contributed by atoms with Crippen LogP contribution in [0, 0.1) is 5.92 Å². The highest BCUT2D eigenvalue weighted by atomic mass is 16.5. The van der Waals surface area contributed by atoms with Crippen LogP contribution >= 0.6 is 0 Å². The Hall–Kier alpha value is -2.20. The second kappa shape index (κ2) is 6.11. The van der Waals surface area contributed by atoms with E-state index in [1.54, 1.807) is 4.90 Å². The lowest BCUT2D eigenvalue weighted by molar-refractivity contribution is -0.117. The highest BCUT2D eigenvalue weighted by Crippen LogP contribution is 2.33. The summed E-state index contributed by atoms with van der Waals surface area (Å²) in [7, 11) is 0. The second-order valence-electron chi connectivity index (χ2n) is 4.39. The summed E-state index contributed by atoms with van der Waals surface area (Å²) >= 11 is 0. The fourth-order valence-corrected chi connectivity index (χ4v) is 2.25. The van der Waals surface area contributed by atoms with Crippen LogP contribution in [0.15, 0.2) is 29.4 Å². The van der Waals surface area contributed by atoms with Gasteiger partial charge in [-0.15, -0.1) is 0 Å². The lowest BCUT2D eigenvalue weighted by atomic mass is 10.1. The van der Waals surface area contributed by atoms with Crippen molar-refractivity contribution in [3.05, 3.63) is 34.7 Å². The van der Waals surface area contributed by atoms with Crippen molar-refractivity contribution in [3.63, 3.8) is 0 Å². The molecule has 1 saturated heterocycles. The highest BCUT2D eigenvalue weighted by molar-refractivity contribution is 5.97. The van der Waals surface area contributed by atoms with Crippen molar-refractivity contribution in [1.29, 1.82) is 0 Å². The number of hydrogen-bond donors (Lipinski definition) is 0. The normalized spacial score (nSPS) is 18.3. The monoisotopic (exact) mass is 260 g/mol. The fourth-order valence-electron chi connectivity index (χ4n) is 2.25. The van der Waals surface area contributed by atoms with Crippen molar-refractivity contribution in [2.75, 3.05) is 24.6 Å². The molecule has 0 spiro atoms. The summed E-state index contributed by atoms with van der Waals surface area (Å²) in [5.41, 5.74) is 9.12. The Labute approximate surface area is 111 Å². The van der Waals surface area contributed by atoms with Crippen LogP contribution in [0.4, 0.5) is 5.69 Å². The van der Waals surface area contributed by atoms with E-state index in [9.17, 15) is 4.79 Å². The molecule has 19 heavy (non-hydrogen) atoms. The molecule has 0 N–H and O–H groups in total. The Morgan fingerprint density at radius 3 is 3.05 bits per heavy atom. The van der Waals surface area contributed by atoms with Crippen molar-refractivity contribution in [2.45, 2.75) is 13.3 Å². The molecule has 1 aliphatic rings. The second-order valence-corrected chi connectivity index (χ2v) is 4.39. The molecular weight excluding hydrogens is 244 g/mol. The van der Waals surface area contributed by atoms with E-state index in [1.165, 1.54) is 0 Å². The zero-order valence-corrected chi connectivity index (χ0v) is 10.8. The number of rotatable bonds is 5. The van der Waals surface area contributed by atoms with Gasteiger partial charge in [-0.25, -0.2) is 0 Å². The maximum atomic E-state index is 12.0. The van der Waals surface area contributed by atoms with Crippen LogP contribution in [0.2, 0.25) is 0 Å². The van der Waals surface area contributed by atoms with Crippen molar-refractivity contribution in [2.24, 2.45) is 11.0 Å². The highest BCUT2D eigenvalue weighted by Gasteiger charge is 2.31. The number of ether oxygens (including phenoxy) is 1. The minimum Gasteiger partial charge on any atom is -0.492 e. The molecule has 2 rings (SSSR count). The molecular formula is C13H16N4O2. The molecule has 1 atom stereocenters. The standard InChI is InChI=1S/C13H16N4O2/c1-2-19-12-6-4-3-5-11(12)17-9-10(7-13(17)18)8-15-16-14/h3-6,10H,2,7-9H2,1H3. The molecule has 1 fully saturated rings. The Morgan fingerprint density at radius 2 is 2.32 bits per heavy atom. The molecule has 1 aromatic carbocycles. The van der Waals surface area contributed by atoms with E-state index >= 15 is 0 Å². The van der Waals surface area contributed by atoms with Crippen molar-refractivity contribution >= 4 is 11.6 Å². The van der Waals surface area contributed by atoms with Gasteiger partial charge >= 0.3 is 0 Å². The van der Waals surface area contributed by atoms with Gasteiger partial charge in [0.2, 0.25) is 5.91 Å². The molecule has 1 heterocycles. The van der Waals surface area contributed by atoms with Crippen molar-refractivity contribution in [1.82, 2.24) is 0 Å². The smallest absolute Gasteiger partial charge is 0.227 e. The summed E-state index contributed by atoms with van der Waals surface area (Å²) < 4.78 is 5.54. The largest absolute Gasteiger partial charge is 0.492 e. The first kappa shape index (κ1) is 13.2. The van der Waals surface area contributed by atoms with Gasteiger partial charge in [0, 0.05) is 24.4 Å². The third kappa shape index (κ3) is 2.98. The van der Waals surface area contributed by atoms with Gasteiger partial charge in [0.1, 0.15) is 5.75 Å². The average molecular weight is 260 g/mol. The van der Waals surface area contributed by atoms with Crippen LogP contribution in [0.5, 0.6) is 5.75 Å². The van der Waals surface area contributed by atoms with E-state index in [2.05, 4.69) is 10.0 Å². The number of nitrogens with zero attached hydrogens (tertiary/aromatic N) is 4. The number of anilines is 1. The molecule has 0 aliphatic carbocycles. The van der Waals surface area contributed by atoms with Crippen LogP contribution in [0.3, 0.4) is 0 Å². The van der Waals surface area contributed by atoms with Crippen LogP contribution < -0.4 is 9.64 Å². The van der Waals surface area contributed by atoms with Gasteiger partial charge in [-0.3, -0.25) is 4.79 Å². The van der Waals surface area contributed by atoms with E-state index < -0.39 is 0 Å². The van der Waals surface area contributed by atoms with E-state index in [0.717, 1.165) is 5.69 Å². The van der Waals surface area contributed by atoms with Crippen LogP contribution in [0.1, 0.15) is 13.3 Å². The summed E-state index contributed by atoms with van der Waals surface area (Å²) in [6.07, 6.45) is 0.416. The summed E-state index contributed by atoms with van der Waals surface area (Å²) in [6.45, 7) is 3.39. The lowest BCUT2D eigenvalue weighted by Gasteiger charge is -2.19. The molecule has 1 aromatic rings. The SMILES string of the molecule is CCOc1ccccc1N1CC(CN=[N+]=[N-])CC1=O. The predicted octanol–water partition coefficient (Wildman–Crippen LogP) is 2.75. The molecule has 1 unspecified atom stereocenters. The lowest BCUT2D eigenvalue weighted by Crippen LogP contribution is -2.25. The minimum absolute atomic E-state index is 0.0466. The zero-order chi connectivity index (χ0) is 13.7. The topological polar surface area (TPSA) is 78.3 Å². The van der Waals surface area contributed by atoms with Crippen LogP contribution in [-0.2, 0) is 4.79 Å². The van der Waals surface area contributed by atoms with Crippen molar-refractivity contribution < 1.29 is 9.53 Å². The first-order valence-electron chi connectivity index (χ1n) is 6.29. The third-order valence-corrected chi connectivity index (χ3v) is 3.06. The number of para-hydroxylation sites is 2. The summed E-state index contributed by atoms with van der Waals surface area (Å²) in [6, 6.07) is 7.49. The van der Waals surface area contributed by atoms with Crippen LogP contribution in [-0.4, -0.2) is 25.6 Å². The summed E-state index contributed by atoms with van der Waals surface area (Å²) in [4.78, 5) is 16.5. The molecule has 0 aromatic heterocycles. The Bertz CT molecular complexity index is 511. The summed E-state index contributed by atoms with van der Waals surface area (Å²) in [5.74, 6) is 0.839. The first-order chi connectivity index (χ1) is 9.26. The zero-order valence-electron chi connectivity index (χ0n) is 10.8. The van der Waals surface area contributed by atoms with Crippen LogP contribution in [0.25, 0.3) is 10.4 Å². The van der Waals surface area contributed by atoms with Gasteiger partial charge in [-0.2, -0.15) is 0 Å². The minimum atomic E-state index is 0.0466. The molecule has 100 valence electrons. The molecule has 1 aliphatic heterocycles. The Morgan fingerprint density at radius 1 is 1.53 bits per heavy atom. The number of benzene rings is 1. The van der Waals surface area contributed by atoms with Gasteiger partial charge in [-0.1, -0.05) is 17.2 Å². The first-order valence-corrected chi connectivity index (χ1v) is 6.29. The van der Waals surface area contributed by atoms with Gasteiger partial charge in [0.25, 0.3) is 0 Å². The number of carbonyl (C=O) groups excluding carboxylic acids is 1. The van der Waals surface area contributed by atoms with E-state index in [1.807, 2.05) is 31.2 Å². The summed E-state index contributed by atoms with van der Waals surface area (Å²) in [5, 5.41) is 3.55. The number of carbonyl (C=O) groups is 1. The van der Waals surface area contributed by atoms with Gasteiger partial charge in [0.05, 0.1) is 12.3 Å². The number of hydrogen-bond acceptors (Lipinski definition) is 3. The molecule has 0 radical (unpaired) electrons. The predicted molar refractivity (Wildman–Crippen MR) is 72.1 cm³/mol. The van der Waals surface area contributed by atoms with E-state index in [4.69, 9.17) is 10.3 Å². The molecule has 6 nitrogen and oxygen atoms in total. The molecule has 6 heteroatoms. The quantitative estimate of drug-likeness (QED) is 0.463. The molecule has 1 amide bonds. The Balaban J connectivity index is 2.18. The Kier molecular flexibility index (Phi) is 4.26. The number of azide groups is 1. The van der Waals surface area contributed by atoms with Crippen molar-refractivity contribution in [3.8, 4) is 5.75 Å². The molecule has 0 bridgehead atoms. The maximum absolute atomic E-state index is 12.0. The van der Waals surface area contributed by atoms with Gasteiger partial charge in [0.15, 0.2) is 0 Å². The van der Waals surface area contributed by atoms with E-state index in [-0.39, 0.29) is 11.8 Å². The average Bonchev–Trinajstić information content (AvgIpc) is 2.78. The number of amides is 1. The molecule has 0 saturated carbocycles. The maximum Gasteiger partial charge on any atom is 0.227 e. The fraction of sp³-hybridized carbons (Fsp3) is 0.462. The van der Waals surface area contributed by atoms with Gasteiger partial charge in [-0.05, 0) is 30.5 Å². The third-order valence-electron chi connectivity index (χ3n) is 3.06.